The number of hydrogen-bond donors (Lipinski definition) is 2. The lowest BCUT2D eigenvalue weighted by molar-refractivity contribution is 0.718. The quantitative estimate of drug-likeness (QED) is 0.487. The second-order valence-corrected chi connectivity index (χ2v) is 4.84. The molecule has 0 aliphatic rings. The molecule has 0 spiro atoms. The van der Waals surface area contributed by atoms with Crippen LogP contribution in [0.3, 0.4) is 0 Å². The molecule has 0 aromatic heterocycles. The summed E-state index contributed by atoms with van der Waals surface area (Å²) in [6, 6.07) is 10.6. The van der Waals surface area contributed by atoms with E-state index in [1.807, 2.05) is 32.0 Å². The number of rotatable bonds is 5. The Bertz CT molecular complexity index is 399. The van der Waals surface area contributed by atoms with E-state index in [1.54, 1.807) is 0 Å². The van der Waals surface area contributed by atoms with Crippen molar-refractivity contribution in [3.63, 3.8) is 0 Å². The molecule has 0 radical (unpaired) electrons. The van der Waals surface area contributed by atoms with E-state index in [0.717, 1.165) is 18.6 Å². The summed E-state index contributed by atoms with van der Waals surface area (Å²) in [5, 5.41) is 8.03. The van der Waals surface area contributed by atoms with Gasteiger partial charge in [0.1, 0.15) is 0 Å². The van der Waals surface area contributed by atoms with Crippen LogP contribution in [-0.4, -0.2) is 16.9 Å². The fourth-order valence-electron chi connectivity index (χ4n) is 1.50. The first-order valence-electron chi connectivity index (χ1n) is 6.27. The molecule has 2 N–H and O–H groups in total. The van der Waals surface area contributed by atoms with Crippen LogP contribution in [-0.2, 0) is 6.42 Å². The summed E-state index contributed by atoms with van der Waals surface area (Å²) in [7, 11) is 0. The molecule has 0 unspecified atom stereocenters. The monoisotopic (exact) mass is 263 g/mol. The van der Waals surface area contributed by atoms with Crippen LogP contribution in [0.1, 0.15) is 32.8 Å². The van der Waals surface area contributed by atoms with Crippen molar-refractivity contribution in [3.8, 4) is 0 Å². The van der Waals surface area contributed by atoms with Crippen LogP contribution in [0.4, 0.5) is 0 Å². The largest absolute Gasteiger partial charge is 0.359 e. The molecule has 0 saturated carbocycles. The second-order valence-electron chi connectivity index (χ2n) is 4.43. The lowest BCUT2D eigenvalue weighted by Gasteiger charge is -2.11. The van der Waals surface area contributed by atoms with Crippen LogP contribution in [0.2, 0.25) is 0 Å². The Hall–Kier alpha value is -1.42. The maximum absolute atomic E-state index is 5.13. The molecule has 1 aromatic rings. The molecule has 0 aliphatic heterocycles. The molecule has 0 bridgehead atoms. The van der Waals surface area contributed by atoms with Crippen molar-refractivity contribution in [1.82, 2.24) is 10.7 Å². The summed E-state index contributed by atoms with van der Waals surface area (Å²) >= 11 is 5.13. The van der Waals surface area contributed by atoms with E-state index in [1.165, 1.54) is 5.56 Å². The Morgan fingerprint density at radius 2 is 1.94 bits per heavy atom. The van der Waals surface area contributed by atoms with Crippen molar-refractivity contribution in [1.29, 1.82) is 0 Å². The molecule has 0 fully saturated rings. The van der Waals surface area contributed by atoms with Gasteiger partial charge in [-0.3, -0.25) is 5.43 Å². The zero-order valence-electron chi connectivity index (χ0n) is 11.2. The Labute approximate surface area is 115 Å². The molecule has 1 aromatic carbocycles. The van der Waals surface area contributed by atoms with Crippen LogP contribution >= 0.6 is 12.2 Å². The van der Waals surface area contributed by atoms with Gasteiger partial charge in [-0.25, -0.2) is 0 Å². The highest BCUT2D eigenvalue weighted by Gasteiger charge is 2.00. The summed E-state index contributed by atoms with van der Waals surface area (Å²) < 4.78 is 0. The van der Waals surface area contributed by atoms with Gasteiger partial charge >= 0.3 is 0 Å². The van der Waals surface area contributed by atoms with Gasteiger partial charge in [0.15, 0.2) is 5.11 Å². The van der Waals surface area contributed by atoms with Gasteiger partial charge in [-0.2, -0.15) is 5.10 Å². The molecule has 3 nitrogen and oxygen atoms in total. The molecule has 0 aliphatic carbocycles. The third-order valence-electron chi connectivity index (χ3n) is 2.39. The van der Waals surface area contributed by atoms with E-state index in [9.17, 15) is 0 Å². The van der Waals surface area contributed by atoms with Crippen molar-refractivity contribution >= 4 is 23.0 Å². The number of hydrogen-bond acceptors (Lipinski definition) is 2. The van der Waals surface area contributed by atoms with Crippen molar-refractivity contribution in [2.24, 2.45) is 5.10 Å². The minimum Gasteiger partial charge on any atom is -0.359 e. The molecule has 18 heavy (non-hydrogen) atoms. The van der Waals surface area contributed by atoms with E-state index >= 15 is 0 Å². The van der Waals surface area contributed by atoms with Gasteiger partial charge in [0, 0.05) is 18.2 Å². The molecule has 0 amide bonds. The predicted octanol–water partition coefficient (Wildman–Crippen LogP) is 2.87. The van der Waals surface area contributed by atoms with Crippen LogP contribution in [0.15, 0.2) is 35.4 Å². The summed E-state index contributed by atoms with van der Waals surface area (Å²) in [5.74, 6) is 0. The van der Waals surface area contributed by atoms with Crippen LogP contribution in [0, 0.1) is 0 Å². The average Bonchev–Trinajstić information content (AvgIpc) is 2.35. The van der Waals surface area contributed by atoms with E-state index in [4.69, 9.17) is 12.2 Å². The van der Waals surface area contributed by atoms with Crippen molar-refractivity contribution < 1.29 is 0 Å². The molecule has 0 heterocycles. The SMILES string of the molecule is CC/C(Cc1ccccc1)=N/NC(=S)NC(C)C. The highest BCUT2D eigenvalue weighted by Crippen LogP contribution is 2.02. The Balaban J connectivity index is 2.53. The van der Waals surface area contributed by atoms with Crippen molar-refractivity contribution in [2.45, 2.75) is 39.7 Å². The van der Waals surface area contributed by atoms with E-state index in [-0.39, 0.29) is 0 Å². The summed E-state index contributed by atoms with van der Waals surface area (Å²) in [5.41, 5.74) is 5.25. The van der Waals surface area contributed by atoms with Crippen LogP contribution in [0.5, 0.6) is 0 Å². The van der Waals surface area contributed by atoms with Gasteiger partial charge < -0.3 is 5.32 Å². The molecule has 0 saturated heterocycles. The first-order chi connectivity index (χ1) is 8.61. The lowest BCUT2D eigenvalue weighted by Crippen LogP contribution is -2.37. The standard InChI is InChI=1S/C14H21N3S/c1-4-13(10-12-8-6-5-7-9-12)16-17-14(18)15-11(2)3/h5-9,11H,4,10H2,1-3H3,(H2,15,17,18)/b16-13-. The maximum Gasteiger partial charge on any atom is 0.187 e. The number of thiocarbonyl (C=S) groups is 1. The summed E-state index contributed by atoms with van der Waals surface area (Å²) in [4.78, 5) is 0. The zero-order valence-corrected chi connectivity index (χ0v) is 12.1. The number of nitrogens with zero attached hydrogens (tertiary/aromatic N) is 1. The molecule has 1 rings (SSSR count). The number of benzene rings is 1. The molecule has 0 atom stereocenters. The van der Waals surface area contributed by atoms with Gasteiger partial charge in [0.05, 0.1) is 0 Å². The highest BCUT2D eigenvalue weighted by atomic mass is 32.1. The predicted molar refractivity (Wildman–Crippen MR) is 81.9 cm³/mol. The third kappa shape index (κ3) is 5.77. The first kappa shape index (κ1) is 14.6. The normalized spacial score (nSPS) is 11.4. The highest BCUT2D eigenvalue weighted by molar-refractivity contribution is 7.80. The smallest absolute Gasteiger partial charge is 0.187 e. The summed E-state index contributed by atoms with van der Waals surface area (Å²) in [6.07, 6.45) is 1.76. The van der Waals surface area contributed by atoms with Gasteiger partial charge in [-0.05, 0) is 38.0 Å². The van der Waals surface area contributed by atoms with Crippen LogP contribution in [0.25, 0.3) is 0 Å². The fourth-order valence-corrected chi connectivity index (χ4v) is 1.78. The molecular weight excluding hydrogens is 242 g/mol. The lowest BCUT2D eigenvalue weighted by atomic mass is 10.1. The van der Waals surface area contributed by atoms with Crippen molar-refractivity contribution in [3.05, 3.63) is 35.9 Å². The van der Waals surface area contributed by atoms with E-state index in [0.29, 0.717) is 11.2 Å². The number of hydrazone groups is 1. The average molecular weight is 263 g/mol. The molecule has 98 valence electrons. The zero-order chi connectivity index (χ0) is 13.4. The van der Waals surface area contributed by atoms with Gasteiger partial charge in [0.2, 0.25) is 0 Å². The summed E-state index contributed by atoms with van der Waals surface area (Å²) in [6.45, 7) is 6.19. The number of nitrogens with one attached hydrogen (secondary N) is 2. The Kier molecular flexibility index (Phi) is 6.36. The maximum atomic E-state index is 5.13. The second kappa shape index (κ2) is 7.82. The van der Waals surface area contributed by atoms with Crippen LogP contribution < -0.4 is 10.7 Å². The van der Waals surface area contributed by atoms with Gasteiger partial charge in [-0.15, -0.1) is 0 Å². The Morgan fingerprint density at radius 3 is 2.50 bits per heavy atom. The van der Waals surface area contributed by atoms with E-state index < -0.39 is 0 Å². The van der Waals surface area contributed by atoms with E-state index in [2.05, 4.69) is 34.9 Å². The molecular formula is C14H21N3S. The Morgan fingerprint density at radius 1 is 1.28 bits per heavy atom. The topological polar surface area (TPSA) is 36.4 Å². The van der Waals surface area contributed by atoms with Gasteiger partial charge in [-0.1, -0.05) is 37.3 Å². The first-order valence-corrected chi connectivity index (χ1v) is 6.68. The molecule has 4 heteroatoms. The third-order valence-corrected chi connectivity index (χ3v) is 2.60. The fraction of sp³-hybridized carbons (Fsp3) is 0.429. The minimum atomic E-state index is 0.319. The van der Waals surface area contributed by atoms with Crippen molar-refractivity contribution in [2.75, 3.05) is 0 Å². The van der Waals surface area contributed by atoms with Gasteiger partial charge in [0.25, 0.3) is 0 Å². The minimum absolute atomic E-state index is 0.319.